The monoisotopic (exact) mass is 234 g/mol. The van der Waals surface area contributed by atoms with Crippen molar-refractivity contribution in [2.75, 3.05) is 18.1 Å². The molecular weight excluding hydrogens is 212 g/mol. The molecule has 0 saturated carbocycles. The first kappa shape index (κ1) is 12.4. The molecule has 3 heteroatoms. The standard InChI is InChI=1S/C14H22N2O/c1-11(2)12-6-7-14(15-9-12)16-8-4-3-5-13(16)10-17/h6-7,9,11,13,17H,3-5,8,10H2,1-2H3. The summed E-state index contributed by atoms with van der Waals surface area (Å²) in [6, 6.07) is 4.49. The normalized spacial score (nSPS) is 20.9. The van der Waals surface area contributed by atoms with E-state index in [9.17, 15) is 5.11 Å². The zero-order valence-corrected chi connectivity index (χ0v) is 10.8. The van der Waals surface area contributed by atoms with Crippen molar-refractivity contribution in [2.24, 2.45) is 0 Å². The van der Waals surface area contributed by atoms with Crippen molar-refractivity contribution in [3.63, 3.8) is 0 Å². The number of hydrogen-bond donors (Lipinski definition) is 1. The van der Waals surface area contributed by atoms with E-state index in [-0.39, 0.29) is 12.6 Å². The van der Waals surface area contributed by atoms with Crippen LogP contribution >= 0.6 is 0 Å². The molecule has 1 unspecified atom stereocenters. The van der Waals surface area contributed by atoms with Crippen molar-refractivity contribution in [2.45, 2.75) is 45.1 Å². The highest BCUT2D eigenvalue weighted by atomic mass is 16.3. The average molecular weight is 234 g/mol. The minimum atomic E-state index is 0.230. The predicted octanol–water partition coefficient (Wildman–Crippen LogP) is 2.56. The van der Waals surface area contributed by atoms with E-state index in [1.54, 1.807) is 0 Å². The molecular formula is C14H22N2O. The number of hydrogen-bond acceptors (Lipinski definition) is 3. The fraction of sp³-hybridized carbons (Fsp3) is 0.643. The van der Waals surface area contributed by atoms with Crippen LogP contribution in [0.25, 0.3) is 0 Å². The van der Waals surface area contributed by atoms with Crippen LogP contribution in [0, 0.1) is 0 Å². The number of piperidine rings is 1. The van der Waals surface area contributed by atoms with Gasteiger partial charge in [0.1, 0.15) is 5.82 Å². The van der Waals surface area contributed by atoms with Gasteiger partial charge in [0.05, 0.1) is 12.6 Å². The second-order valence-electron chi connectivity index (χ2n) is 5.13. The van der Waals surface area contributed by atoms with Gasteiger partial charge in [-0.05, 0) is 36.8 Å². The first-order chi connectivity index (χ1) is 8.22. The quantitative estimate of drug-likeness (QED) is 0.873. The van der Waals surface area contributed by atoms with Crippen LogP contribution in [-0.2, 0) is 0 Å². The van der Waals surface area contributed by atoms with E-state index in [4.69, 9.17) is 0 Å². The molecule has 1 atom stereocenters. The third-order valence-corrected chi connectivity index (χ3v) is 3.57. The van der Waals surface area contributed by atoms with Crippen LogP contribution in [0.4, 0.5) is 5.82 Å². The summed E-state index contributed by atoms with van der Waals surface area (Å²) in [7, 11) is 0. The first-order valence-electron chi connectivity index (χ1n) is 6.56. The molecule has 2 heterocycles. The number of rotatable bonds is 3. The second-order valence-corrected chi connectivity index (χ2v) is 5.13. The van der Waals surface area contributed by atoms with Crippen LogP contribution in [0.3, 0.4) is 0 Å². The van der Waals surface area contributed by atoms with Crippen molar-refractivity contribution in [1.29, 1.82) is 0 Å². The zero-order valence-electron chi connectivity index (χ0n) is 10.8. The predicted molar refractivity (Wildman–Crippen MR) is 70.4 cm³/mol. The van der Waals surface area contributed by atoms with E-state index < -0.39 is 0 Å². The summed E-state index contributed by atoms with van der Waals surface area (Å²) in [6.45, 7) is 5.59. The van der Waals surface area contributed by atoms with Crippen molar-refractivity contribution in [1.82, 2.24) is 4.98 Å². The Bertz CT molecular complexity index is 348. The van der Waals surface area contributed by atoms with Gasteiger partial charge >= 0.3 is 0 Å². The largest absolute Gasteiger partial charge is 0.394 e. The Morgan fingerprint density at radius 2 is 2.24 bits per heavy atom. The van der Waals surface area contributed by atoms with Crippen molar-refractivity contribution >= 4 is 5.82 Å². The first-order valence-corrected chi connectivity index (χ1v) is 6.56. The molecule has 1 saturated heterocycles. The Kier molecular flexibility index (Phi) is 4.00. The van der Waals surface area contributed by atoms with Gasteiger partial charge in [0, 0.05) is 12.7 Å². The maximum absolute atomic E-state index is 9.40. The van der Waals surface area contributed by atoms with E-state index in [1.165, 1.54) is 18.4 Å². The number of aliphatic hydroxyl groups is 1. The maximum atomic E-state index is 9.40. The Balaban J connectivity index is 2.15. The lowest BCUT2D eigenvalue weighted by Gasteiger charge is -2.35. The van der Waals surface area contributed by atoms with Gasteiger partial charge in [-0.3, -0.25) is 0 Å². The van der Waals surface area contributed by atoms with E-state index >= 15 is 0 Å². The Morgan fingerprint density at radius 1 is 1.41 bits per heavy atom. The minimum Gasteiger partial charge on any atom is -0.394 e. The van der Waals surface area contributed by atoms with Gasteiger partial charge in [0.2, 0.25) is 0 Å². The molecule has 1 fully saturated rings. The van der Waals surface area contributed by atoms with E-state index in [2.05, 4.69) is 35.9 Å². The highest BCUT2D eigenvalue weighted by molar-refractivity contribution is 5.41. The van der Waals surface area contributed by atoms with Crippen LogP contribution in [0.1, 0.15) is 44.6 Å². The number of pyridine rings is 1. The molecule has 1 aliphatic heterocycles. The van der Waals surface area contributed by atoms with Gasteiger partial charge in [-0.1, -0.05) is 19.9 Å². The summed E-state index contributed by atoms with van der Waals surface area (Å²) in [6.07, 6.45) is 5.45. The molecule has 1 aliphatic rings. The smallest absolute Gasteiger partial charge is 0.128 e. The molecule has 0 aromatic carbocycles. The summed E-state index contributed by atoms with van der Waals surface area (Å²) in [5, 5.41) is 9.40. The molecule has 0 amide bonds. The maximum Gasteiger partial charge on any atom is 0.128 e. The SMILES string of the molecule is CC(C)c1ccc(N2CCCCC2CO)nc1. The van der Waals surface area contributed by atoms with Crippen molar-refractivity contribution in [3.8, 4) is 0 Å². The Hall–Kier alpha value is -1.09. The third kappa shape index (κ3) is 2.78. The highest BCUT2D eigenvalue weighted by Crippen LogP contribution is 2.24. The molecule has 1 N–H and O–H groups in total. The Labute approximate surface area is 103 Å². The molecule has 0 radical (unpaired) electrons. The second kappa shape index (κ2) is 5.50. The summed E-state index contributed by atoms with van der Waals surface area (Å²) < 4.78 is 0. The third-order valence-electron chi connectivity index (χ3n) is 3.57. The molecule has 94 valence electrons. The lowest BCUT2D eigenvalue weighted by Crippen LogP contribution is -2.42. The molecule has 3 nitrogen and oxygen atoms in total. The molecule has 1 aromatic heterocycles. The number of aromatic nitrogens is 1. The van der Waals surface area contributed by atoms with Gasteiger partial charge in [-0.15, -0.1) is 0 Å². The fourth-order valence-electron chi connectivity index (χ4n) is 2.40. The van der Waals surface area contributed by atoms with Gasteiger partial charge in [0.15, 0.2) is 0 Å². The van der Waals surface area contributed by atoms with E-state index in [0.29, 0.717) is 5.92 Å². The lowest BCUT2D eigenvalue weighted by molar-refractivity contribution is 0.239. The van der Waals surface area contributed by atoms with Crippen LogP contribution in [0.5, 0.6) is 0 Å². The lowest BCUT2D eigenvalue weighted by atomic mass is 10.0. The van der Waals surface area contributed by atoms with Crippen molar-refractivity contribution < 1.29 is 5.11 Å². The summed E-state index contributed by atoms with van der Waals surface area (Å²) in [5.74, 6) is 1.53. The molecule has 0 aliphatic carbocycles. The number of nitrogens with zero attached hydrogens (tertiary/aromatic N) is 2. The van der Waals surface area contributed by atoms with Crippen molar-refractivity contribution in [3.05, 3.63) is 23.9 Å². The molecule has 0 bridgehead atoms. The number of aliphatic hydroxyl groups excluding tert-OH is 1. The summed E-state index contributed by atoms with van der Waals surface area (Å²) >= 11 is 0. The van der Waals surface area contributed by atoms with Gasteiger partial charge in [-0.2, -0.15) is 0 Å². The molecule has 0 spiro atoms. The topological polar surface area (TPSA) is 36.4 Å². The van der Waals surface area contributed by atoms with Gasteiger partial charge in [-0.25, -0.2) is 4.98 Å². The summed E-state index contributed by atoms with van der Waals surface area (Å²) in [4.78, 5) is 6.78. The van der Waals surface area contributed by atoms with Gasteiger partial charge < -0.3 is 10.0 Å². The van der Waals surface area contributed by atoms with Crippen LogP contribution in [0.15, 0.2) is 18.3 Å². The Morgan fingerprint density at radius 3 is 2.82 bits per heavy atom. The molecule has 17 heavy (non-hydrogen) atoms. The summed E-state index contributed by atoms with van der Waals surface area (Å²) in [5.41, 5.74) is 1.27. The molecule has 1 aromatic rings. The van der Waals surface area contributed by atoms with Crippen LogP contribution in [-0.4, -0.2) is 29.3 Å². The number of anilines is 1. The minimum absolute atomic E-state index is 0.230. The van der Waals surface area contributed by atoms with Crippen LogP contribution in [0.2, 0.25) is 0 Å². The van der Waals surface area contributed by atoms with Crippen LogP contribution < -0.4 is 4.90 Å². The van der Waals surface area contributed by atoms with E-state index in [1.807, 2.05) is 6.20 Å². The fourth-order valence-corrected chi connectivity index (χ4v) is 2.40. The zero-order chi connectivity index (χ0) is 12.3. The van der Waals surface area contributed by atoms with Gasteiger partial charge in [0.25, 0.3) is 0 Å². The van der Waals surface area contributed by atoms with E-state index in [0.717, 1.165) is 18.8 Å². The highest BCUT2D eigenvalue weighted by Gasteiger charge is 2.22. The average Bonchev–Trinajstić information content (AvgIpc) is 2.39. The molecule has 2 rings (SSSR count).